The van der Waals surface area contributed by atoms with E-state index in [-0.39, 0.29) is 5.92 Å². The van der Waals surface area contributed by atoms with Gasteiger partial charge >= 0.3 is 0 Å². The van der Waals surface area contributed by atoms with E-state index in [1.165, 1.54) is 0 Å². The van der Waals surface area contributed by atoms with Crippen molar-refractivity contribution < 1.29 is 4.39 Å². The summed E-state index contributed by atoms with van der Waals surface area (Å²) in [4.78, 5) is 0. The van der Waals surface area contributed by atoms with Crippen molar-refractivity contribution in [3.63, 3.8) is 0 Å². The maximum absolute atomic E-state index is 13.1. The van der Waals surface area contributed by atoms with Gasteiger partial charge in [0.15, 0.2) is 0 Å². The summed E-state index contributed by atoms with van der Waals surface area (Å²) in [6.07, 6.45) is 1.40. The number of halogens is 1. The van der Waals surface area contributed by atoms with Gasteiger partial charge in [-0.15, -0.1) is 0 Å². The molecular weight excluding hydrogens is 151 g/mol. The lowest BCUT2D eigenvalue weighted by atomic mass is 9.87. The van der Waals surface area contributed by atoms with Crippen LogP contribution in [-0.2, 0) is 0 Å². The molecule has 0 saturated heterocycles. The quantitative estimate of drug-likeness (QED) is 0.589. The number of hydrogen-bond acceptors (Lipinski definition) is 0. The fraction of sp³-hybridized carbons (Fsp3) is 1.00. The van der Waals surface area contributed by atoms with Crippen molar-refractivity contribution in [3.05, 3.63) is 0 Å². The topological polar surface area (TPSA) is 0 Å². The standard InChI is InChI=1S/C11H23F/c1-8(2)6-11(10(5)12)7-9(3)4/h8-11H,6-7H2,1-5H3. The number of alkyl halides is 1. The maximum atomic E-state index is 13.1. The molecule has 0 amide bonds. The molecule has 0 radical (unpaired) electrons. The second kappa shape index (κ2) is 5.55. The van der Waals surface area contributed by atoms with E-state index in [0.717, 1.165) is 12.8 Å². The van der Waals surface area contributed by atoms with Gasteiger partial charge in [0.1, 0.15) is 6.17 Å². The molecule has 12 heavy (non-hydrogen) atoms. The Labute approximate surface area is 76.6 Å². The molecule has 0 N–H and O–H groups in total. The van der Waals surface area contributed by atoms with E-state index in [1.807, 2.05) is 0 Å². The Balaban J connectivity index is 3.87. The molecule has 0 aliphatic carbocycles. The highest BCUT2D eigenvalue weighted by Gasteiger charge is 2.18. The maximum Gasteiger partial charge on any atom is 0.100 e. The average Bonchev–Trinajstić information content (AvgIpc) is 1.83. The Morgan fingerprint density at radius 1 is 0.833 bits per heavy atom. The summed E-state index contributed by atoms with van der Waals surface area (Å²) in [5.74, 6) is 1.50. The van der Waals surface area contributed by atoms with Gasteiger partial charge in [-0.2, -0.15) is 0 Å². The summed E-state index contributed by atoms with van der Waals surface area (Å²) >= 11 is 0. The highest BCUT2D eigenvalue weighted by Crippen LogP contribution is 2.24. The smallest absolute Gasteiger partial charge is 0.100 e. The Morgan fingerprint density at radius 3 is 1.33 bits per heavy atom. The second-order valence-electron chi connectivity index (χ2n) is 4.70. The summed E-state index contributed by atoms with van der Waals surface area (Å²) in [5.41, 5.74) is 0. The Morgan fingerprint density at radius 2 is 1.17 bits per heavy atom. The van der Waals surface area contributed by atoms with E-state index in [4.69, 9.17) is 0 Å². The number of hydrogen-bond donors (Lipinski definition) is 0. The van der Waals surface area contributed by atoms with Crippen LogP contribution >= 0.6 is 0 Å². The van der Waals surface area contributed by atoms with Gasteiger partial charge in [-0.1, -0.05) is 27.7 Å². The molecule has 0 aliphatic rings. The van der Waals surface area contributed by atoms with E-state index in [2.05, 4.69) is 27.7 Å². The summed E-state index contributed by atoms with van der Waals surface area (Å²) in [5, 5.41) is 0. The summed E-state index contributed by atoms with van der Waals surface area (Å²) in [6, 6.07) is 0. The first-order valence-electron chi connectivity index (χ1n) is 5.07. The highest BCUT2D eigenvalue weighted by atomic mass is 19.1. The van der Waals surface area contributed by atoms with Gasteiger partial charge in [-0.3, -0.25) is 0 Å². The van der Waals surface area contributed by atoms with Crippen molar-refractivity contribution in [2.45, 2.75) is 53.6 Å². The summed E-state index contributed by atoms with van der Waals surface area (Å²) in [6.45, 7) is 10.3. The molecular formula is C11H23F. The zero-order valence-electron chi connectivity index (χ0n) is 9.10. The van der Waals surface area contributed by atoms with Crippen LogP contribution in [0.3, 0.4) is 0 Å². The summed E-state index contributed by atoms with van der Waals surface area (Å²) in [7, 11) is 0. The van der Waals surface area contributed by atoms with Gasteiger partial charge in [-0.05, 0) is 37.5 Å². The van der Waals surface area contributed by atoms with Gasteiger partial charge in [0.25, 0.3) is 0 Å². The van der Waals surface area contributed by atoms with Gasteiger partial charge in [0.2, 0.25) is 0 Å². The normalized spacial score (nSPS) is 14.8. The molecule has 0 aromatic heterocycles. The van der Waals surface area contributed by atoms with Crippen molar-refractivity contribution in [2.24, 2.45) is 17.8 Å². The molecule has 0 aliphatic heterocycles. The molecule has 0 bridgehead atoms. The van der Waals surface area contributed by atoms with Crippen LogP contribution < -0.4 is 0 Å². The molecule has 1 heteroatoms. The van der Waals surface area contributed by atoms with Gasteiger partial charge < -0.3 is 0 Å². The first-order valence-corrected chi connectivity index (χ1v) is 5.07. The SMILES string of the molecule is CC(C)CC(CC(C)C)C(C)F. The van der Waals surface area contributed by atoms with Gasteiger partial charge in [0.05, 0.1) is 0 Å². The van der Waals surface area contributed by atoms with Crippen LogP contribution in [0.5, 0.6) is 0 Å². The van der Waals surface area contributed by atoms with Crippen LogP contribution in [-0.4, -0.2) is 6.17 Å². The molecule has 0 aromatic rings. The third-order valence-corrected chi connectivity index (χ3v) is 2.20. The fourth-order valence-electron chi connectivity index (χ4n) is 1.68. The van der Waals surface area contributed by atoms with Crippen LogP contribution in [0.4, 0.5) is 4.39 Å². The fourth-order valence-corrected chi connectivity index (χ4v) is 1.68. The molecule has 0 fully saturated rings. The largest absolute Gasteiger partial charge is 0.247 e. The molecule has 74 valence electrons. The molecule has 0 aromatic carbocycles. The Bertz CT molecular complexity index is 95.6. The van der Waals surface area contributed by atoms with Crippen LogP contribution in [0.15, 0.2) is 0 Å². The van der Waals surface area contributed by atoms with Crippen molar-refractivity contribution >= 4 is 0 Å². The molecule has 0 nitrogen and oxygen atoms in total. The lowest BCUT2D eigenvalue weighted by molar-refractivity contribution is 0.191. The van der Waals surface area contributed by atoms with E-state index in [9.17, 15) is 4.39 Å². The van der Waals surface area contributed by atoms with Crippen LogP contribution in [0, 0.1) is 17.8 Å². The lowest BCUT2D eigenvalue weighted by Gasteiger charge is -2.21. The molecule has 1 atom stereocenters. The molecule has 0 saturated carbocycles. The second-order valence-corrected chi connectivity index (χ2v) is 4.70. The molecule has 1 unspecified atom stereocenters. The number of rotatable bonds is 5. The van der Waals surface area contributed by atoms with E-state index < -0.39 is 6.17 Å². The third-order valence-electron chi connectivity index (χ3n) is 2.20. The zero-order valence-corrected chi connectivity index (χ0v) is 9.10. The van der Waals surface area contributed by atoms with Crippen molar-refractivity contribution in [1.29, 1.82) is 0 Å². The monoisotopic (exact) mass is 174 g/mol. The molecule has 0 spiro atoms. The van der Waals surface area contributed by atoms with Crippen molar-refractivity contribution in [2.75, 3.05) is 0 Å². The minimum Gasteiger partial charge on any atom is -0.247 e. The Kier molecular flexibility index (Phi) is 5.52. The van der Waals surface area contributed by atoms with Crippen LogP contribution in [0.2, 0.25) is 0 Å². The highest BCUT2D eigenvalue weighted by molar-refractivity contribution is 4.68. The van der Waals surface area contributed by atoms with Gasteiger partial charge in [0, 0.05) is 0 Å². The minimum atomic E-state index is -0.644. The molecule has 0 rings (SSSR count). The van der Waals surface area contributed by atoms with Crippen LogP contribution in [0.1, 0.15) is 47.5 Å². The van der Waals surface area contributed by atoms with Crippen molar-refractivity contribution in [3.8, 4) is 0 Å². The first kappa shape index (κ1) is 11.9. The van der Waals surface area contributed by atoms with Crippen LogP contribution in [0.25, 0.3) is 0 Å². The first-order chi connectivity index (χ1) is 5.43. The van der Waals surface area contributed by atoms with Gasteiger partial charge in [-0.25, -0.2) is 4.39 Å². The van der Waals surface area contributed by atoms with Crippen molar-refractivity contribution in [1.82, 2.24) is 0 Å². The van der Waals surface area contributed by atoms with E-state index >= 15 is 0 Å². The third kappa shape index (κ3) is 5.56. The van der Waals surface area contributed by atoms with E-state index in [1.54, 1.807) is 6.92 Å². The predicted molar refractivity (Wildman–Crippen MR) is 53.0 cm³/mol. The minimum absolute atomic E-state index is 0.269. The molecule has 0 heterocycles. The predicted octanol–water partition coefficient (Wildman–Crippen LogP) is 4.05. The van der Waals surface area contributed by atoms with E-state index in [0.29, 0.717) is 11.8 Å². The summed E-state index contributed by atoms with van der Waals surface area (Å²) < 4.78 is 13.1. The Hall–Kier alpha value is -0.0700. The lowest BCUT2D eigenvalue weighted by Crippen LogP contribution is -2.17. The average molecular weight is 174 g/mol. The zero-order chi connectivity index (χ0) is 9.72.